The van der Waals surface area contributed by atoms with Crippen LogP contribution in [0.4, 0.5) is 29.5 Å². The van der Waals surface area contributed by atoms with Crippen LogP contribution in [0.5, 0.6) is 0 Å². The maximum atomic E-state index is 12.9. The molecule has 3 heterocycles. The van der Waals surface area contributed by atoms with Crippen molar-refractivity contribution >= 4 is 17.6 Å². The number of anilines is 2. The van der Waals surface area contributed by atoms with E-state index in [1.165, 1.54) is 4.90 Å². The van der Waals surface area contributed by atoms with Gasteiger partial charge in [-0.3, -0.25) is 0 Å². The van der Waals surface area contributed by atoms with E-state index in [1.54, 1.807) is 0 Å². The molecule has 1 aromatic heterocycles. The minimum atomic E-state index is -4.45. The summed E-state index contributed by atoms with van der Waals surface area (Å²) in [5.74, 6) is 0.437. The molecule has 1 saturated heterocycles. The van der Waals surface area contributed by atoms with E-state index in [0.29, 0.717) is 24.6 Å². The van der Waals surface area contributed by atoms with Crippen LogP contribution in [0, 0.1) is 0 Å². The molecule has 1 amide bonds. The van der Waals surface area contributed by atoms with Gasteiger partial charge < -0.3 is 20.2 Å². The van der Waals surface area contributed by atoms with Crippen molar-refractivity contribution in [3.63, 3.8) is 0 Å². The Balaban J connectivity index is 1.99. The van der Waals surface area contributed by atoms with Crippen LogP contribution >= 0.6 is 0 Å². The smallest absolute Gasteiger partial charge is 0.417 e. The first kappa shape index (κ1) is 15.7. The molecule has 2 aliphatic rings. The fourth-order valence-electron chi connectivity index (χ4n) is 3.19. The minimum Gasteiger partial charge on any atom is -0.465 e. The number of rotatable bonds is 0. The molecule has 126 valence electrons. The third-order valence-corrected chi connectivity index (χ3v) is 4.41. The number of nitrogens with one attached hydrogen (secondary N) is 1. The molecule has 23 heavy (non-hydrogen) atoms. The number of pyridine rings is 1. The van der Waals surface area contributed by atoms with Gasteiger partial charge in [0.2, 0.25) is 0 Å². The number of alkyl halides is 3. The lowest BCUT2D eigenvalue weighted by molar-refractivity contribution is -0.137. The number of carbonyl (C=O) groups is 1. The molecule has 1 aromatic rings. The quantitative estimate of drug-likeness (QED) is 0.765. The molecule has 0 spiro atoms. The van der Waals surface area contributed by atoms with Crippen LogP contribution in [0.15, 0.2) is 12.3 Å². The highest BCUT2D eigenvalue weighted by molar-refractivity contribution is 5.73. The predicted molar refractivity (Wildman–Crippen MR) is 77.7 cm³/mol. The summed E-state index contributed by atoms with van der Waals surface area (Å²) >= 11 is 0. The van der Waals surface area contributed by atoms with E-state index >= 15 is 0 Å². The standard InChI is InChI=1S/C14H17F3N4O2/c1-13(2)10-7-20(12(22)23)3-4-21(10)11-9(19-13)5-8(6-18-11)14(15,16)17/h5-6,10,19H,3-4,7H2,1-2H3,(H,22,23)/t10-/m1/s1. The number of halogens is 3. The second kappa shape index (κ2) is 4.90. The number of nitrogens with zero attached hydrogens (tertiary/aromatic N) is 3. The summed E-state index contributed by atoms with van der Waals surface area (Å²) in [5, 5.41) is 12.2. The van der Waals surface area contributed by atoms with Gasteiger partial charge in [-0.2, -0.15) is 13.2 Å². The van der Waals surface area contributed by atoms with Crippen LogP contribution in [0.25, 0.3) is 0 Å². The molecule has 2 aliphatic heterocycles. The van der Waals surface area contributed by atoms with E-state index in [1.807, 2.05) is 18.7 Å². The van der Waals surface area contributed by atoms with Gasteiger partial charge in [0.05, 0.1) is 22.8 Å². The fourth-order valence-corrected chi connectivity index (χ4v) is 3.19. The van der Waals surface area contributed by atoms with Gasteiger partial charge in [-0.05, 0) is 19.9 Å². The number of amides is 1. The Labute approximate surface area is 130 Å². The van der Waals surface area contributed by atoms with Crippen LogP contribution in [-0.2, 0) is 6.18 Å². The number of hydrogen-bond donors (Lipinski definition) is 2. The number of carboxylic acid groups (broad SMARTS) is 1. The highest BCUT2D eigenvalue weighted by Gasteiger charge is 2.45. The largest absolute Gasteiger partial charge is 0.465 e. The normalized spacial score (nSPS) is 22.9. The van der Waals surface area contributed by atoms with Crippen molar-refractivity contribution in [3.05, 3.63) is 17.8 Å². The highest BCUT2D eigenvalue weighted by atomic mass is 19.4. The summed E-state index contributed by atoms with van der Waals surface area (Å²) in [5.41, 5.74) is -1.07. The molecule has 2 N–H and O–H groups in total. The second-order valence-corrected chi connectivity index (χ2v) is 6.38. The van der Waals surface area contributed by atoms with Crippen LogP contribution in [0.1, 0.15) is 19.4 Å². The first-order valence-electron chi connectivity index (χ1n) is 7.19. The van der Waals surface area contributed by atoms with Gasteiger partial charge in [0.15, 0.2) is 5.82 Å². The lowest BCUT2D eigenvalue weighted by Crippen LogP contribution is -2.66. The molecular formula is C14H17F3N4O2. The van der Waals surface area contributed by atoms with Crippen molar-refractivity contribution in [1.82, 2.24) is 9.88 Å². The zero-order valence-corrected chi connectivity index (χ0v) is 12.7. The Morgan fingerprint density at radius 1 is 1.43 bits per heavy atom. The predicted octanol–water partition coefficient (Wildman–Crippen LogP) is 2.47. The molecular weight excluding hydrogens is 313 g/mol. The molecule has 0 bridgehead atoms. The van der Waals surface area contributed by atoms with Crippen LogP contribution in [0.3, 0.4) is 0 Å². The molecule has 1 fully saturated rings. The van der Waals surface area contributed by atoms with Crippen molar-refractivity contribution in [1.29, 1.82) is 0 Å². The van der Waals surface area contributed by atoms with Crippen LogP contribution in [0.2, 0.25) is 0 Å². The summed E-state index contributed by atoms with van der Waals surface area (Å²) in [6.45, 7) is 4.66. The Hall–Kier alpha value is -2.19. The summed E-state index contributed by atoms with van der Waals surface area (Å²) in [6.07, 6.45) is -4.63. The maximum absolute atomic E-state index is 12.9. The van der Waals surface area contributed by atoms with Crippen molar-refractivity contribution < 1.29 is 23.1 Å². The third-order valence-electron chi connectivity index (χ3n) is 4.41. The van der Waals surface area contributed by atoms with Crippen molar-refractivity contribution in [2.24, 2.45) is 0 Å². The molecule has 1 atom stereocenters. The fraction of sp³-hybridized carbons (Fsp3) is 0.571. The number of piperazine rings is 1. The summed E-state index contributed by atoms with van der Waals surface area (Å²) in [7, 11) is 0. The first-order valence-corrected chi connectivity index (χ1v) is 7.19. The van der Waals surface area contributed by atoms with Crippen molar-refractivity contribution in [2.45, 2.75) is 31.6 Å². The molecule has 3 rings (SSSR count). The topological polar surface area (TPSA) is 68.7 Å². The van der Waals surface area contributed by atoms with Crippen LogP contribution < -0.4 is 10.2 Å². The van der Waals surface area contributed by atoms with E-state index in [-0.39, 0.29) is 12.6 Å². The summed E-state index contributed by atoms with van der Waals surface area (Å²) in [6, 6.07) is 0.855. The van der Waals surface area contributed by atoms with Gasteiger partial charge in [-0.25, -0.2) is 9.78 Å². The molecule has 9 heteroatoms. The Bertz CT molecular complexity index is 647. The van der Waals surface area contributed by atoms with E-state index in [4.69, 9.17) is 5.11 Å². The zero-order chi connectivity index (χ0) is 17.0. The van der Waals surface area contributed by atoms with Gasteiger partial charge >= 0.3 is 12.3 Å². The lowest BCUT2D eigenvalue weighted by Gasteiger charge is -2.52. The van der Waals surface area contributed by atoms with Crippen molar-refractivity contribution in [2.75, 3.05) is 29.9 Å². The molecule has 6 nitrogen and oxygen atoms in total. The summed E-state index contributed by atoms with van der Waals surface area (Å²) < 4.78 is 38.6. The van der Waals surface area contributed by atoms with Crippen molar-refractivity contribution in [3.8, 4) is 0 Å². The van der Waals surface area contributed by atoms with Crippen LogP contribution in [-0.4, -0.2) is 52.3 Å². The Morgan fingerprint density at radius 2 is 2.13 bits per heavy atom. The van der Waals surface area contributed by atoms with Gasteiger partial charge in [-0.1, -0.05) is 0 Å². The lowest BCUT2D eigenvalue weighted by atomic mass is 9.88. The molecule has 0 radical (unpaired) electrons. The highest BCUT2D eigenvalue weighted by Crippen LogP contribution is 2.41. The van der Waals surface area contributed by atoms with E-state index in [2.05, 4.69) is 10.3 Å². The SMILES string of the molecule is CC1(C)Nc2cc(C(F)(F)F)cnc2N2CCN(C(=O)O)C[C@@H]21. The average molecular weight is 330 g/mol. The molecule has 0 unspecified atom stereocenters. The third kappa shape index (κ3) is 2.64. The number of fused-ring (bicyclic) bond motifs is 3. The summed E-state index contributed by atoms with van der Waals surface area (Å²) in [4.78, 5) is 18.4. The zero-order valence-electron chi connectivity index (χ0n) is 12.7. The monoisotopic (exact) mass is 330 g/mol. The van der Waals surface area contributed by atoms with Gasteiger partial charge in [0, 0.05) is 25.8 Å². The molecule has 0 aromatic carbocycles. The van der Waals surface area contributed by atoms with E-state index in [0.717, 1.165) is 12.3 Å². The van der Waals surface area contributed by atoms with Gasteiger partial charge in [0.1, 0.15) is 0 Å². The van der Waals surface area contributed by atoms with Gasteiger partial charge in [-0.15, -0.1) is 0 Å². The number of aromatic nitrogens is 1. The Kier molecular flexibility index (Phi) is 3.35. The Morgan fingerprint density at radius 3 is 2.74 bits per heavy atom. The minimum absolute atomic E-state index is 0.205. The molecule has 0 saturated carbocycles. The number of hydrogen-bond acceptors (Lipinski definition) is 4. The maximum Gasteiger partial charge on any atom is 0.417 e. The van der Waals surface area contributed by atoms with Gasteiger partial charge in [0.25, 0.3) is 0 Å². The molecule has 0 aliphatic carbocycles. The second-order valence-electron chi connectivity index (χ2n) is 6.38. The van der Waals surface area contributed by atoms with E-state index in [9.17, 15) is 18.0 Å². The first-order chi connectivity index (χ1) is 10.6. The average Bonchev–Trinajstić information content (AvgIpc) is 2.44. The van der Waals surface area contributed by atoms with E-state index < -0.39 is 23.4 Å².